The van der Waals surface area contributed by atoms with Crippen molar-refractivity contribution in [1.82, 2.24) is 30.4 Å². The van der Waals surface area contributed by atoms with Crippen molar-refractivity contribution in [3.63, 3.8) is 0 Å². The summed E-state index contributed by atoms with van der Waals surface area (Å²) in [5.41, 5.74) is 0. The lowest BCUT2D eigenvalue weighted by atomic mass is 9.99. The molecular weight excluding hydrogens is 252 g/mol. The SMILES string of the molecule is CCCn1nnnc1CN(CC1CCCNC1)C1CC1. The molecule has 2 heterocycles. The van der Waals surface area contributed by atoms with Gasteiger partial charge in [-0.25, -0.2) is 4.68 Å². The van der Waals surface area contributed by atoms with Crippen LogP contribution in [0.4, 0.5) is 0 Å². The summed E-state index contributed by atoms with van der Waals surface area (Å²) in [6.07, 6.45) is 6.44. The Morgan fingerprint density at radius 1 is 1.35 bits per heavy atom. The van der Waals surface area contributed by atoms with Crippen molar-refractivity contribution in [2.75, 3.05) is 19.6 Å². The maximum absolute atomic E-state index is 4.22. The minimum Gasteiger partial charge on any atom is -0.316 e. The molecule has 1 aliphatic carbocycles. The highest BCUT2D eigenvalue weighted by atomic mass is 15.5. The van der Waals surface area contributed by atoms with E-state index >= 15 is 0 Å². The fourth-order valence-corrected chi connectivity index (χ4v) is 3.10. The minimum atomic E-state index is 0.767. The number of aromatic nitrogens is 4. The second-order valence-electron chi connectivity index (χ2n) is 6.19. The first-order valence-corrected chi connectivity index (χ1v) is 8.06. The molecule has 0 amide bonds. The quantitative estimate of drug-likeness (QED) is 0.808. The average Bonchev–Trinajstić information content (AvgIpc) is 3.23. The first-order valence-electron chi connectivity index (χ1n) is 8.06. The largest absolute Gasteiger partial charge is 0.316 e. The molecule has 6 nitrogen and oxygen atoms in total. The van der Waals surface area contributed by atoms with Gasteiger partial charge in [-0.2, -0.15) is 0 Å². The van der Waals surface area contributed by atoms with E-state index in [1.54, 1.807) is 0 Å². The Morgan fingerprint density at radius 3 is 2.95 bits per heavy atom. The maximum Gasteiger partial charge on any atom is 0.165 e. The Hall–Kier alpha value is -1.01. The number of hydrogen-bond donors (Lipinski definition) is 1. The van der Waals surface area contributed by atoms with Crippen LogP contribution in [0.25, 0.3) is 0 Å². The van der Waals surface area contributed by atoms with Gasteiger partial charge < -0.3 is 5.32 Å². The molecule has 1 aromatic heterocycles. The van der Waals surface area contributed by atoms with Crippen LogP contribution in [-0.4, -0.2) is 50.8 Å². The monoisotopic (exact) mass is 278 g/mol. The summed E-state index contributed by atoms with van der Waals surface area (Å²) in [7, 11) is 0. The van der Waals surface area contributed by atoms with Crippen molar-refractivity contribution in [1.29, 1.82) is 0 Å². The Morgan fingerprint density at radius 2 is 2.25 bits per heavy atom. The summed E-state index contributed by atoms with van der Waals surface area (Å²) in [5, 5.41) is 15.7. The highest BCUT2D eigenvalue weighted by molar-refractivity contribution is 4.91. The molecule has 2 fully saturated rings. The third-order valence-electron chi connectivity index (χ3n) is 4.34. The van der Waals surface area contributed by atoms with Gasteiger partial charge in [0.25, 0.3) is 0 Å². The highest BCUT2D eigenvalue weighted by Gasteiger charge is 2.32. The zero-order valence-electron chi connectivity index (χ0n) is 12.5. The summed E-state index contributed by atoms with van der Waals surface area (Å²) in [4.78, 5) is 2.61. The summed E-state index contributed by atoms with van der Waals surface area (Å²) < 4.78 is 1.97. The van der Waals surface area contributed by atoms with Crippen LogP contribution >= 0.6 is 0 Å². The molecule has 0 spiro atoms. The molecule has 0 bridgehead atoms. The van der Waals surface area contributed by atoms with Crippen molar-refractivity contribution in [2.45, 2.75) is 58.2 Å². The van der Waals surface area contributed by atoms with Gasteiger partial charge in [0, 0.05) is 19.1 Å². The van der Waals surface area contributed by atoms with Gasteiger partial charge in [0.2, 0.25) is 0 Å². The van der Waals surface area contributed by atoms with E-state index < -0.39 is 0 Å². The minimum absolute atomic E-state index is 0.767. The van der Waals surface area contributed by atoms with Crippen LogP contribution in [0.15, 0.2) is 0 Å². The number of nitrogens with zero attached hydrogens (tertiary/aromatic N) is 5. The van der Waals surface area contributed by atoms with Gasteiger partial charge in [-0.1, -0.05) is 6.92 Å². The zero-order valence-corrected chi connectivity index (χ0v) is 12.5. The van der Waals surface area contributed by atoms with Crippen molar-refractivity contribution < 1.29 is 0 Å². The van der Waals surface area contributed by atoms with Gasteiger partial charge in [-0.3, -0.25) is 4.90 Å². The van der Waals surface area contributed by atoms with Gasteiger partial charge in [-0.05, 0) is 61.5 Å². The third-order valence-corrected chi connectivity index (χ3v) is 4.34. The molecule has 6 heteroatoms. The Balaban J connectivity index is 1.60. The predicted molar refractivity (Wildman–Crippen MR) is 77.1 cm³/mol. The smallest absolute Gasteiger partial charge is 0.165 e. The molecule has 112 valence electrons. The third kappa shape index (κ3) is 3.55. The van der Waals surface area contributed by atoms with E-state index in [1.807, 2.05) is 4.68 Å². The van der Waals surface area contributed by atoms with Crippen LogP contribution in [0, 0.1) is 5.92 Å². The molecule has 20 heavy (non-hydrogen) atoms. The molecular formula is C14H26N6. The van der Waals surface area contributed by atoms with Gasteiger partial charge >= 0.3 is 0 Å². The van der Waals surface area contributed by atoms with Crippen LogP contribution < -0.4 is 5.32 Å². The first-order chi connectivity index (χ1) is 9.86. The van der Waals surface area contributed by atoms with Crippen molar-refractivity contribution in [2.24, 2.45) is 5.92 Å². The molecule has 1 N–H and O–H groups in total. The molecule has 1 aliphatic heterocycles. The normalized spacial score (nSPS) is 23.4. The molecule has 0 radical (unpaired) electrons. The lowest BCUT2D eigenvalue weighted by Crippen LogP contribution is -2.39. The van der Waals surface area contributed by atoms with E-state index in [0.29, 0.717) is 0 Å². The van der Waals surface area contributed by atoms with Gasteiger partial charge in [0.05, 0.1) is 6.54 Å². The zero-order chi connectivity index (χ0) is 13.8. The maximum atomic E-state index is 4.22. The summed E-state index contributed by atoms with van der Waals surface area (Å²) in [6, 6.07) is 0.767. The van der Waals surface area contributed by atoms with Crippen molar-refractivity contribution >= 4 is 0 Å². The number of nitrogens with one attached hydrogen (secondary N) is 1. The predicted octanol–water partition coefficient (Wildman–Crippen LogP) is 1.05. The molecule has 0 aromatic carbocycles. The standard InChI is InChI=1S/C14H26N6/c1-2-8-20-14(16-17-18-20)11-19(13-5-6-13)10-12-4-3-7-15-9-12/h12-13,15H,2-11H2,1H3. The summed E-state index contributed by atoms with van der Waals surface area (Å²) in [5.74, 6) is 1.82. The molecule has 3 rings (SSSR count). The van der Waals surface area contributed by atoms with Crippen LogP contribution in [0.1, 0.15) is 44.9 Å². The summed E-state index contributed by atoms with van der Waals surface area (Å²) >= 11 is 0. The number of piperidine rings is 1. The van der Waals surface area contributed by atoms with Crippen LogP contribution in [0.2, 0.25) is 0 Å². The van der Waals surface area contributed by atoms with Crippen LogP contribution in [-0.2, 0) is 13.1 Å². The lowest BCUT2D eigenvalue weighted by Gasteiger charge is -2.29. The lowest BCUT2D eigenvalue weighted by molar-refractivity contribution is 0.186. The van der Waals surface area contributed by atoms with Crippen molar-refractivity contribution in [3.8, 4) is 0 Å². The van der Waals surface area contributed by atoms with Gasteiger partial charge in [0.1, 0.15) is 0 Å². The molecule has 1 aromatic rings. The molecule has 1 saturated heterocycles. The van der Waals surface area contributed by atoms with E-state index in [9.17, 15) is 0 Å². The first kappa shape index (κ1) is 13.9. The topological polar surface area (TPSA) is 58.9 Å². The summed E-state index contributed by atoms with van der Waals surface area (Å²) in [6.45, 7) is 7.55. The Kier molecular flexibility index (Phi) is 4.62. The molecule has 1 unspecified atom stereocenters. The molecule has 2 aliphatic rings. The second kappa shape index (κ2) is 6.63. The molecule has 1 atom stereocenters. The van der Waals surface area contributed by atoms with Gasteiger partial charge in [-0.15, -0.1) is 5.10 Å². The average molecular weight is 278 g/mol. The number of hydrogen-bond acceptors (Lipinski definition) is 5. The van der Waals surface area contributed by atoms with E-state index in [-0.39, 0.29) is 0 Å². The highest BCUT2D eigenvalue weighted by Crippen LogP contribution is 2.29. The Labute approximate surface area is 120 Å². The van der Waals surface area contributed by atoms with Crippen molar-refractivity contribution in [3.05, 3.63) is 5.82 Å². The van der Waals surface area contributed by atoms with Gasteiger partial charge in [0.15, 0.2) is 5.82 Å². The second-order valence-corrected chi connectivity index (χ2v) is 6.19. The van der Waals surface area contributed by atoms with E-state index in [2.05, 4.69) is 32.7 Å². The number of aryl methyl sites for hydroxylation is 1. The van der Waals surface area contributed by atoms with Crippen LogP contribution in [0.3, 0.4) is 0 Å². The molecule has 1 saturated carbocycles. The van der Waals surface area contributed by atoms with Crippen LogP contribution in [0.5, 0.6) is 0 Å². The fraction of sp³-hybridized carbons (Fsp3) is 0.929. The fourth-order valence-electron chi connectivity index (χ4n) is 3.10. The van der Waals surface area contributed by atoms with E-state index in [0.717, 1.165) is 37.3 Å². The number of rotatable bonds is 7. The Bertz CT molecular complexity index is 408. The van der Waals surface area contributed by atoms with E-state index in [1.165, 1.54) is 45.3 Å². The number of tetrazole rings is 1. The van der Waals surface area contributed by atoms with E-state index in [4.69, 9.17) is 0 Å².